The summed E-state index contributed by atoms with van der Waals surface area (Å²) in [5.74, 6) is 0.246. The molecule has 0 aliphatic heterocycles. The minimum atomic E-state index is -2.11. The molecule has 146 valence electrons. The van der Waals surface area contributed by atoms with Crippen molar-refractivity contribution in [2.24, 2.45) is 5.92 Å². The molecule has 2 atom stereocenters. The van der Waals surface area contributed by atoms with Crippen molar-refractivity contribution < 1.29 is 9.53 Å². The van der Waals surface area contributed by atoms with Crippen molar-refractivity contribution in [1.82, 2.24) is 5.32 Å². The van der Waals surface area contributed by atoms with Gasteiger partial charge in [0.2, 0.25) is 0 Å². The zero-order valence-electron chi connectivity index (χ0n) is 17.2. The minimum Gasteiger partial charge on any atom is -0.466 e. The first-order valence-corrected chi connectivity index (χ1v) is 12.9. The van der Waals surface area contributed by atoms with Crippen LogP contribution < -0.4 is 10.5 Å². The summed E-state index contributed by atoms with van der Waals surface area (Å²) in [6, 6.07) is 20.9. The van der Waals surface area contributed by atoms with Gasteiger partial charge in [0.15, 0.2) is 0 Å². The van der Waals surface area contributed by atoms with Gasteiger partial charge in [0.05, 0.1) is 20.2 Å². The van der Waals surface area contributed by atoms with E-state index in [0.717, 1.165) is 6.54 Å². The SMILES string of the molecule is CCOC(=O)[C@@H]([C@@H](NCc1ccccc1)C(C)C)[Si](C)(C)c1ccccc1. The third kappa shape index (κ3) is 5.53. The first-order valence-electron chi connectivity index (χ1n) is 9.87. The van der Waals surface area contributed by atoms with Crippen LogP contribution in [0, 0.1) is 5.92 Å². The molecule has 2 aromatic rings. The zero-order valence-corrected chi connectivity index (χ0v) is 18.2. The average Bonchev–Trinajstić information content (AvgIpc) is 2.66. The second kappa shape index (κ2) is 9.86. The number of benzene rings is 2. The Bertz CT molecular complexity index is 701. The van der Waals surface area contributed by atoms with Gasteiger partial charge in [0.25, 0.3) is 0 Å². The largest absolute Gasteiger partial charge is 0.466 e. The molecule has 0 saturated heterocycles. The molecule has 0 heterocycles. The van der Waals surface area contributed by atoms with E-state index >= 15 is 0 Å². The van der Waals surface area contributed by atoms with Crippen molar-refractivity contribution in [3.05, 3.63) is 66.2 Å². The van der Waals surface area contributed by atoms with Gasteiger partial charge in [0.1, 0.15) is 0 Å². The fraction of sp³-hybridized carbons (Fsp3) is 0.435. The molecule has 0 fully saturated rings. The fourth-order valence-corrected chi connectivity index (χ4v) is 7.22. The summed E-state index contributed by atoms with van der Waals surface area (Å²) in [6.07, 6.45) is 0. The molecule has 2 rings (SSSR count). The van der Waals surface area contributed by atoms with E-state index in [1.54, 1.807) is 0 Å². The van der Waals surface area contributed by atoms with E-state index in [-0.39, 0.29) is 17.6 Å². The molecular formula is C23H33NO2Si. The Morgan fingerprint density at radius 2 is 1.56 bits per heavy atom. The van der Waals surface area contributed by atoms with E-state index in [1.165, 1.54) is 10.8 Å². The predicted molar refractivity (Wildman–Crippen MR) is 116 cm³/mol. The van der Waals surface area contributed by atoms with Crippen LogP contribution in [0.15, 0.2) is 60.7 Å². The van der Waals surface area contributed by atoms with Crippen molar-refractivity contribution in [3.8, 4) is 0 Å². The van der Waals surface area contributed by atoms with E-state index in [1.807, 2.05) is 31.2 Å². The number of hydrogen-bond acceptors (Lipinski definition) is 3. The maximum absolute atomic E-state index is 13.1. The highest BCUT2D eigenvalue weighted by Gasteiger charge is 2.45. The summed E-state index contributed by atoms with van der Waals surface area (Å²) < 4.78 is 5.55. The van der Waals surface area contributed by atoms with E-state index in [9.17, 15) is 4.79 Å². The Balaban J connectivity index is 2.35. The van der Waals surface area contributed by atoms with E-state index in [4.69, 9.17) is 4.74 Å². The van der Waals surface area contributed by atoms with Crippen molar-refractivity contribution in [2.45, 2.75) is 52.0 Å². The van der Waals surface area contributed by atoms with Gasteiger partial charge in [0, 0.05) is 12.6 Å². The summed E-state index contributed by atoms with van der Waals surface area (Å²) in [5.41, 5.74) is 1.08. The summed E-state index contributed by atoms with van der Waals surface area (Å²) in [5, 5.41) is 4.97. The highest BCUT2D eigenvalue weighted by molar-refractivity contribution is 6.93. The molecule has 2 aromatic carbocycles. The Kier molecular flexibility index (Phi) is 7.81. The number of hydrogen-bond donors (Lipinski definition) is 1. The van der Waals surface area contributed by atoms with Crippen molar-refractivity contribution >= 4 is 19.2 Å². The number of carbonyl (C=O) groups excluding carboxylic acids is 1. The van der Waals surface area contributed by atoms with Gasteiger partial charge >= 0.3 is 5.97 Å². The fourth-order valence-electron chi connectivity index (χ4n) is 3.74. The van der Waals surface area contributed by atoms with Crippen molar-refractivity contribution in [1.29, 1.82) is 0 Å². The molecule has 0 saturated carbocycles. The highest BCUT2D eigenvalue weighted by Crippen LogP contribution is 2.31. The predicted octanol–water partition coefficient (Wildman–Crippen LogP) is 4.35. The molecule has 0 unspecified atom stereocenters. The van der Waals surface area contributed by atoms with Gasteiger partial charge in [-0.1, -0.05) is 92.8 Å². The molecular weight excluding hydrogens is 350 g/mol. The molecule has 0 aliphatic rings. The van der Waals surface area contributed by atoms with Gasteiger partial charge in [-0.3, -0.25) is 4.79 Å². The first kappa shape index (κ1) is 21.4. The monoisotopic (exact) mass is 383 g/mol. The molecule has 3 nitrogen and oxygen atoms in total. The lowest BCUT2D eigenvalue weighted by atomic mass is 10.00. The molecule has 0 aromatic heterocycles. The Hall–Kier alpha value is -1.91. The van der Waals surface area contributed by atoms with Gasteiger partial charge in [-0.15, -0.1) is 0 Å². The van der Waals surface area contributed by atoms with Crippen LogP contribution in [0.3, 0.4) is 0 Å². The lowest BCUT2D eigenvalue weighted by Gasteiger charge is -2.39. The second-order valence-corrected chi connectivity index (χ2v) is 12.6. The molecule has 0 amide bonds. The van der Waals surface area contributed by atoms with E-state index < -0.39 is 8.07 Å². The van der Waals surface area contributed by atoms with Crippen LogP contribution in [0.5, 0.6) is 0 Å². The lowest BCUT2D eigenvalue weighted by molar-refractivity contribution is -0.144. The van der Waals surface area contributed by atoms with Crippen molar-refractivity contribution in [2.75, 3.05) is 6.61 Å². The summed E-state index contributed by atoms with van der Waals surface area (Å²) >= 11 is 0. The van der Waals surface area contributed by atoms with Gasteiger partial charge < -0.3 is 10.1 Å². The Morgan fingerprint density at radius 3 is 2.07 bits per heavy atom. The number of carbonyl (C=O) groups is 1. The van der Waals surface area contributed by atoms with Gasteiger partial charge in [-0.05, 0) is 18.4 Å². The van der Waals surface area contributed by atoms with Crippen molar-refractivity contribution in [3.63, 3.8) is 0 Å². The summed E-state index contributed by atoms with van der Waals surface area (Å²) in [4.78, 5) is 13.1. The summed E-state index contributed by atoms with van der Waals surface area (Å²) in [6.45, 7) is 12.0. The lowest BCUT2D eigenvalue weighted by Crippen LogP contribution is -2.57. The molecule has 4 heteroatoms. The number of esters is 1. The number of rotatable bonds is 9. The highest BCUT2D eigenvalue weighted by atomic mass is 28.3. The topological polar surface area (TPSA) is 38.3 Å². The normalized spacial score (nSPS) is 14.0. The third-order valence-corrected chi connectivity index (χ3v) is 9.27. The average molecular weight is 384 g/mol. The maximum Gasteiger partial charge on any atom is 0.308 e. The van der Waals surface area contributed by atoms with Crippen LogP contribution in [0.4, 0.5) is 0 Å². The zero-order chi connectivity index (χ0) is 19.9. The Morgan fingerprint density at radius 1 is 1.00 bits per heavy atom. The molecule has 0 aliphatic carbocycles. The standard InChI is InChI=1S/C23H33NO2Si/c1-6-26-23(25)22(27(4,5)20-15-11-8-12-16-20)21(18(2)3)24-17-19-13-9-7-10-14-19/h7-16,18,21-22,24H,6,17H2,1-5H3/t21-,22+/m0/s1. The molecule has 0 radical (unpaired) electrons. The molecule has 0 spiro atoms. The quantitative estimate of drug-likeness (QED) is 0.517. The molecule has 27 heavy (non-hydrogen) atoms. The van der Waals surface area contributed by atoms with Gasteiger partial charge in [-0.2, -0.15) is 0 Å². The van der Waals surface area contributed by atoms with E-state index in [2.05, 4.69) is 68.7 Å². The third-order valence-electron chi connectivity index (χ3n) is 5.30. The number of nitrogens with one attached hydrogen (secondary N) is 1. The van der Waals surface area contributed by atoms with Crippen LogP contribution in [-0.2, 0) is 16.1 Å². The van der Waals surface area contributed by atoms with Crippen LogP contribution >= 0.6 is 0 Å². The smallest absolute Gasteiger partial charge is 0.308 e. The van der Waals surface area contributed by atoms with Crippen LogP contribution in [0.2, 0.25) is 18.6 Å². The van der Waals surface area contributed by atoms with Gasteiger partial charge in [-0.25, -0.2) is 0 Å². The molecule has 1 N–H and O–H groups in total. The molecule has 0 bridgehead atoms. The van der Waals surface area contributed by atoms with Crippen LogP contribution in [-0.4, -0.2) is 26.7 Å². The second-order valence-electron chi connectivity index (χ2n) is 7.95. The number of ether oxygens (including phenoxy) is 1. The van der Waals surface area contributed by atoms with E-state index in [0.29, 0.717) is 12.5 Å². The summed E-state index contributed by atoms with van der Waals surface area (Å²) in [7, 11) is -2.11. The Labute approximate surface area is 165 Å². The minimum absolute atomic E-state index is 0.0612. The maximum atomic E-state index is 13.1. The van der Waals surface area contributed by atoms with Crippen LogP contribution in [0.25, 0.3) is 0 Å². The van der Waals surface area contributed by atoms with Crippen LogP contribution in [0.1, 0.15) is 26.3 Å². The first-order chi connectivity index (χ1) is 12.9.